The largest absolute Gasteiger partial charge is 0.496 e. The van der Waals surface area contributed by atoms with Gasteiger partial charge in [-0.2, -0.15) is 11.3 Å². The van der Waals surface area contributed by atoms with E-state index in [1.54, 1.807) is 30.6 Å². The van der Waals surface area contributed by atoms with Crippen molar-refractivity contribution in [2.24, 2.45) is 0 Å². The molecule has 0 aliphatic rings. The molecule has 2 aromatic rings. The van der Waals surface area contributed by atoms with Gasteiger partial charge in [-0.25, -0.2) is 4.79 Å². The number of thiophene rings is 1. The van der Waals surface area contributed by atoms with Crippen molar-refractivity contribution in [1.82, 2.24) is 0 Å². The molecule has 0 spiro atoms. The molecule has 0 atom stereocenters. The lowest BCUT2D eigenvalue weighted by Gasteiger charge is -2.07. The second-order valence-electron chi connectivity index (χ2n) is 3.23. The zero-order valence-electron chi connectivity index (χ0n) is 8.64. The molecule has 0 radical (unpaired) electrons. The second-order valence-corrected chi connectivity index (χ2v) is 4.01. The Bertz CT molecular complexity index is 503. The summed E-state index contributed by atoms with van der Waals surface area (Å²) in [6, 6.07) is 6.78. The number of rotatable bonds is 3. The Kier molecular flexibility index (Phi) is 2.92. The van der Waals surface area contributed by atoms with Crippen molar-refractivity contribution in [3.05, 3.63) is 40.6 Å². The van der Waals surface area contributed by atoms with Crippen LogP contribution in [0.15, 0.2) is 35.0 Å². The summed E-state index contributed by atoms with van der Waals surface area (Å²) in [4.78, 5) is 10.9. The van der Waals surface area contributed by atoms with Gasteiger partial charge >= 0.3 is 5.97 Å². The Morgan fingerprint density at radius 2 is 2.19 bits per heavy atom. The van der Waals surface area contributed by atoms with Crippen LogP contribution in [0.4, 0.5) is 0 Å². The summed E-state index contributed by atoms with van der Waals surface area (Å²) in [5.41, 5.74) is 2.05. The number of hydrogen-bond acceptors (Lipinski definition) is 3. The molecule has 0 fully saturated rings. The average Bonchev–Trinajstić information content (AvgIpc) is 2.81. The highest BCUT2D eigenvalue weighted by molar-refractivity contribution is 7.08. The zero-order valence-corrected chi connectivity index (χ0v) is 9.45. The summed E-state index contributed by atoms with van der Waals surface area (Å²) in [6.07, 6.45) is 0. The smallest absolute Gasteiger partial charge is 0.335 e. The van der Waals surface area contributed by atoms with E-state index >= 15 is 0 Å². The van der Waals surface area contributed by atoms with Crippen LogP contribution in [0.2, 0.25) is 0 Å². The number of ether oxygens (including phenoxy) is 1. The van der Waals surface area contributed by atoms with Crippen LogP contribution in [0.1, 0.15) is 10.4 Å². The van der Waals surface area contributed by atoms with E-state index in [4.69, 9.17) is 9.84 Å². The van der Waals surface area contributed by atoms with Gasteiger partial charge < -0.3 is 9.84 Å². The van der Waals surface area contributed by atoms with Crippen LogP contribution in [0, 0.1) is 0 Å². The van der Waals surface area contributed by atoms with E-state index in [9.17, 15) is 4.79 Å². The van der Waals surface area contributed by atoms with Crippen LogP contribution in [-0.2, 0) is 0 Å². The summed E-state index contributed by atoms with van der Waals surface area (Å²) in [5, 5.41) is 12.8. The Hall–Kier alpha value is -1.81. The van der Waals surface area contributed by atoms with Crippen molar-refractivity contribution in [2.75, 3.05) is 7.11 Å². The number of carboxylic acids is 1. The van der Waals surface area contributed by atoms with Crippen molar-refractivity contribution < 1.29 is 14.6 Å². The molecule has 2 rings (SSSR count). The first-order valence-electron chi connectivity index (χ1n) is 4.66. The highest BCUT2D eigenvalue weighted by Gasteiger charge is 2.10. The number of carbonyl (C=O) groups is 1. The lowest BCUT2D eigenvalue weighted by atomic mass is 10.0. The normalized spacial score (nSPS) is 10.1. The lowest BCUT2D eigenvalue weighted by Crippen LogP contribution is -1.97. The van der Waals surface area contributed by atoms with Gasteiger partial charge in [-0.05, 0) is 40.6 Å². The van der Waals surface area contributed by atoms with Gasteiger partial charge in [-0.1, -0.05) is 0 Å². The van der Waals surface area contributed by atoms with E-state index in [2.05, 4.69) is 0 Å². The molecule has 0 saturated heterocycles. The standard InChI is InChI=1S/C12H10O3S/c1-15-11-3-2-8(12(13)14)6-10(11)9-4-5-16-7-9/h2-7H,1H3,(H,13,14). The Morgan fingerprint density at radius 1 is 1.38 bits per heavy atom. The highest BCUT2D eigenvalue weighted by Crippen LogP contribution is 2.32. The summed E-state index contributed by atoms with van der Waals surface area (Å²) in [6.45, 7) is 0. The van der Waals surface area contributed by atoms with Gasteiger partial charge in [0.05, 0.1) is 12.7 Å². The maximum absolute atomic E-state index is 10.9. The van der Waals surface area contributed by atoms with E-state index in [0.717, 1.165) is 11.1 Å². The van der Waals surface area contributed by atoms with Gasteiger partial charge in [0.15, 0.2) is 0 Å². The SMILES string of the molecule is COc1ccc(C(=O)O)cc1-c1ccsc1. The number of methoxy groups -OCH3 is 1. The quantitative estimate of drug-likeness (QED) is 0.887. The van der Waals surface area contributed by atoms with Crippen molar-refractivity contribution in [3.63, 3.8) is 0 Å². The van der Waals surface area contributed by atoms with Crippen LogP contribution in [0.25, 0.3) is 11.1 Å². The molecule has 1 aromatic heterocycles. The molecule has 3 nitrogen and oxygen atoms in total. The fourth-order valence-corrected chi connectivity index (χ4v) is 2.14. The first kappa shape index (κ1) is 10.7. The summed E-state index contributed by atoms with van der Waals surface area (Å²) >= 11 is 1.56. The Morgan fingerprint density at radius 3 is 2.75 bits per heavy atom. The van der Waals surface area contributed by atoms with Crippen LogP contribution in [0.5, 0.6) is 5.75 Å². The minimum atomic E-state index is -0.931. The minimum absolute atomic E-state index is 0.266. The molecular weight excluding hydrogens is 224 g/mol. The van der Waals surface area contributed by atoms with E-state index in [-0.39, 0.29) is 5.56 Å². The van der Waals surface area contributed by atoms with Gasteiger partial charge in [0.1, 0.15) is 5.75 Å². The second kappa shape index (κ2) is 4.37. The van der Waals surface area contributed by atoms with Crippen LogP contribution < -0.4 is 4.74 Å². The molecule has 1 aromatic carbocycles. The monoisotopic (exact) mass is 234 g/mol. The van der Waals surface area contributed by atoms with E-state index in [0.29, 0.717) is 5.75 Å². The topological polar surface area (TPSA) is 46.5 Å². The molecule has 0 aliphatic carbocycles. The first-order valence-corrected chi connectivity index (χ1v) is 5.60. The lowest BCUT2D eigenvalue weighted by molar-refractivity contribution is 0.0697. The number of benzene rings is 1. The Balaban J connectivity index is 2.56. The van der Waals surface area contributed by atoms with E-state index in [1.165, 1.54) is 6.07 Å². The zero-order chi connectivity index (χ0) is 11.5. The van der Waals surface area contributed by atoms with Crippen LogP contribution in [0.3, 0.4) is 0 Å². The maximum atomic E-state index is 10.9. The van der Waals surface area contributed by atoms with E-state index < -0.39 is 5.97 Å². The molecule has 0 bridgehead atoms. The molecule has 0 saturated carbocycles. The fraction of sp³-hybridized carbons (Fsp3) is 0.0833. The average molecular weight is 234 g/mol. The molecule has 1 N–H and O–H groups in total. The molecule has 0 amide bonds. The third-order valence-electron chi connectivity index (χ3n) is 2.28. The van der Waals surface area contributed by atoms with Crippen molar-refractivity contribution >= 4 is 17.3 Å². The van der Waals surface area contributed by atoms with Crippen LogP contribution >= 0.6 is 11.3 Å². The third kappa shape index (κ3) is 1.92. The molecule has 1 heterocycles. The summed E-state index contributed by atoms with van der Waals surface area (Å²) in [5.74, 6) is -0.248. The van der Waals surface area contributed by atoms with Crippen LogP contribution in [-0.4, -0.2) is 18.2 Å². The fourth-order valence-electron chi connectivity index (χ4n) is 1.48. The number of aromatic carboxylic acids is 1. The molecule has 0 unspecified atom stereocenters. The molecule has 16 heavy (non-hydrogen) atoms. The predicted molar refractivity (Wildman–Crippen MR) is 63.3 cm³/mol. The van der Waals surface area contributed by atoms with Gasteiger partial charge in [0, 0.05) is 5.56 Å². The third-order valence-corrected chi connectivity index (χ3v) is 2.96. The molecule has 82 valence electrons. The molecule has 4 heteroatoms. The summed E-state index contributed by atoms with van der Waals surface area (Å²) < 4.78 is 5.22. The number of carboxylic acid groups (broad SMARTS) is 1. The first-order chi connectivity index (χ1) is 7.72. The van der Waals surface area contributed by atoms with Gasteiger partial charge in [-0.3, -0.25) is 0 Å². The van der Waals surface area contributed by atoms with Gasteiger partial charge in [-0.15, -0.1) is 0 Å². The van der Waals surface area contributed by atoms with Crippen molar-refractivity contribution in [3.8, 4) is 16.9 Å². The van der Waals surface area contributed by atoms with Crippen molar-refractivity contribution in [2.45, 2.75) is 0 Å². The summed E-state index contributed by atoms with van der Waals surface area (Å²) in [7, 11) is 1.58. The van der Waals surface area contributed by atoms with Crippen molar-refractivity contribution in [1.29, 1.82) is 0 Å². The number of hydrogen-bond donors (Lipinski definition) is 1. The molecular formula is C12H10O3S. The maximum Gasteiger partial charge on any atom is 0.335 e. The highest BCUT2D eigenvalue weighted by atomic mass is 32.1. The minimum Gasteiger partial charge on any atom is -0.496 e. The Labute approximate surface area is 96.9 Å². The van der Waals surface area contributed by atoms with Gasteiger partial charge in [0.25, 0.3) is 0 Å². The van der Waals surface area contributed by atoms with E-state index in [1.807, 2.05) is 16.8 Å². The van der Waals surface area contributed by atoms with Gasteiger partial charge in [0.2, 0.25) is 0 Å². The predicted octanol–water partition coefficient (Wildman–Crippen LogP) is 3.12. The molecule has 0 aliphatic heterocycles.